The molecule has 0 aliphatic heterocycles. The summed E-state index contributed by atoms with van der Waals surface area (Å²) in [5.41, 5.74) is 10.9. The molecule has 0 aromatic heterocycles. The van der Waals surface area contributed by atoms with Crippen molar-refractivity contribution in [3.63, 3.8) is 0 Å². The molecule has 15 heavy (non-hydrogen) atoms. The van der Waals surface area contributed by atoms with Crippen LogP contribution in [0.4, 0.5) is 0 Å². The molecule has 88 valence electrons. The molecule has 1 amide bonds. The summed E-state index contributed by atoms with van der Waals surface area (Å²) in [5, 5.41) is 0. The molecular formula is C10H20N2O3. The zero-order chi connectivity index (χ0) is 11.5. The van der Waals surface area contributed by atoms with E-state index in [4.69, 9.17) is 20.9 Å². The molecule has 0 unspecified atom stereocenters. The second-order valence-corrected chi connectivity index (χ2v) is 3.05. The summed E-state index contributed by atoms with van der Waals surface area (Å²) in [7, 11) is 0. The van der Waals surface area contributed by atoms with Gasteiger partial charge in [0.15, 0.2) is 0 Å². The van der Waals surface area contributed by atoms with Crippen molar-refractivity contribution in [2.45, 2.75) is 13.3 Å². The van der Waals surface area contributed by atoms with E-state index >= 15 is 0 Å². The van der Waals surface area contributed by atoms with Crippen LogP contribution in [0.1, 0.15) is 13.3 Å². The van der Waals surface area contributed by atoms with Gasteiger partial charge < -0.3 is 20.9 Å². The summed E-state index contributed by atoms with van der Waals surface area (Å²) < 4.78 is 10.4. The fourth-order valence-electron chi connectivity index (χ4n) is 0.865. The van der Waals surface area contributed by atoms with Crippen molar-refractivity contribution in [1.82, 2.24) is 0 Å². The number of amides is 1. The van der Waals surface area contributed by atoms with E-state index in [0.29, 0.717) is 45.0 Å². The number of carbonyl (C=O) groups excluding carboxylic acids is 1. The number of carbonyl (C=O) groups is 1. The first-order chi connectivity index (χ1) is 7.18. The lowest BCUT2D eigenvalue weighted by atomic mass is 10.2. The molecule has 0 aliphatic rings. The van der Waals surface area contributed by atoms with Crippen LogP contribution in [0.3, 0.4) is 0 Å². The van der Waals surface area contributed by atoms with Crippen LogP contribution >= 0.6 is 0 Å². The van der Waals surface area contributed by atoms with Crippen molar-refractivity contribution in [3.05, 3.63) is 11.6 Å². The highest BCUT2D eigenvalue weighted by molar-refractivity contribution is 5.91. The van der Waals surface area contributed by atoms with Crippen LogP contribution in [0.25, 0.3) is 0 Å². The van der Waals surface area contributed by atoms with Gasteiger partial charge in [-0.1, -0.05) is 6.08 Å². The Labute approximate surface area is 90.4 Å². The summed E-state index contributed by atoms with van der Waals surface area (Å²) in [5.74, 6) is -0.388. The van der Waals surface area contributed by atoms with Crippen LogP contribution < -0.4 is 11.5 Å². The van der Waals surface area contributed by atoms with Gasteiger partial charge in [0, 0.05) is 12.1 Å². The first-order valence-corrected chi connectivity index (χ1v) is 5.00. The van der Waals surface area contributed by atoms with Gasteiger partial charge in [0.25, 0.3) is 0 Å². The number of ether oxygens (including phenoxy) is 2. The third-order valence-corrected chi connectivity index (χ3v) is 1.74. The Morgan fingerprint density at radius 2 is 1.80 bits per heavy atom. The average Bonchev–Trinajstić information content (AvgIpc) is 2.21. The molecule has 0 saturated carbocycles. The van der Waals surface area contributed by atoms with Crippen LogP contribution in [0.2, 0.25) is 0 Å². The van der Waals surface area contributed by atoms with Gasteiger partial charge in [0.2, 0.25) is 5.91 Å². The number of rotatable bonds is 9. The van der Waals surface area contributed by atoms with Gasteiger partial charge in [0.1, 0.15) is 0 Å². The summed E-state index contributed by atoms with van der Waals surface area (Å²) in [6.45, 7) is 4.44. The third-order valence-electron chi connectivity index (χ3n) is 1.74. The molecule has 0 saturated heterocycles. The molecular weight excluding hydrogens is 196 g/mol. The zero-order valence-electron chi connectivity index (χ0n) is 9.20. The highest BCUT2D eigenvalue weighted by Gasteiger charge is 1.95. The minimum Gasteiger partial charge on any atom is -0.379 e. The molecule has 4 N–H and O–H groups in total. The van der Waals surface area contributed by atoms with Crippen molar-refractivity contribution in [2.24, 2.45) is 11.5 Å². The average molecular weight is 216 g/mol. The Kier molecular flexibility index (Phi) is 9.05. The van der Waals surface area contributed by atoms with E-state index in [9.17, 15) is 4.79 Å². The largest absolute Gasteiger partial charge is 0.379 e. The van der Waals surface area contributed by atoms with Gasteiger partial charge in [-0.05, 0) is 13.3 Å². The van der Waals surface area contributed by atoms with Crippen LogP contribution in [0, 0.1) is 0 Å². The van der Waals surface area contributed by atoms with E-state index in [1.165, 1.54) is 0 Å². The summed E-state index contributed by atoms with van der Waals surface area (Å²) >= 11 is 0. The summed E-state index contributed by atoms with van der Waals surface area (Å²) in [4.78, 5) is 10.6. The Morgan fingerprint density at radius 1 is 1.20 bits per heavy atom. The molecule has 0 heterocycles. The Bertz CT molecular complexity index is 205. The fourth-order valence-corrected chi connectivity index (χ4v) is 0.865. The quantitative estimate of drug-likeness (QED) is 0.413. The number of hydrogen-bond acceptors (Lipinski definition) is 4. The van der Waals surface area contributed by atoms with E-state index in [-0.39, 0.29) is 5.91 Å². The monoisotopic (exact) mass is 216 g/mol. The smallest absolute Gasteiger partial charge is 0.244 e. The van der Waals surface area contributed by atoms with Gasteiger partial charge >= 0.3 is 0 Å². The van der Waals surface area contributed by atoms with Crippen LogP contribution in [0.5, 0.6) is 0 Å². The molecule has 5 nitrogen and oxygen atoms in total. The third kappa shape index (κ3) is 9.40. The molecule has 0 spiro atoms. The van der Waals surface area contributed by atoms with E-state index in [0.717, 1.165) is 0 Å². The van der Waals surface area contributed by atoms with Crippen molar-refractivity contribution < 1.29 is 14.3 Å². The Morgan fingerprint density at radius 3 is 2.33 bits per heavy atom. The maximum absolute atomic E-state index is 10.6. The lowest BCUT2D eigenvalue weighted by molar-refractivity contribution is -0.114. The zero-order valence-corrected chi connectivity index (χ0v) is 9.20. The normalized spacial score (nSPS) is 11.7. The minimum atomic E-state index is -0.388. The molecule has 0 bridgehead atoms. The number of primary amides is 1. The SMILES string of the molecule is C/C(=C\CCOCCOCCN)C(N)=O. The van der Waals surface area contributed by atoms with E-state index in [2.05, 4.69) is 0 Å². The van der Waals surface area contributed by atoms with Gasteiger partial charge in [-0.2, -0.15) is 0 Å². The molecule has 0 aliphatic carbocycles. The van der Waals surface area contributed by atoms with Gasteiger partial charge in [0.05, 0.1) is 26.4 Å². The molecule has 5 heteroatoms. The highest BCUT2D eigenvalue weighted by atomic mass is 16.5. The predicted molar refractivity (Wildman–Crippen MR) is 58.3 cm³/mol. The molecule has 0 aromatic carbocycles. The first-order valence-electron chi connectivity index (χ1n) is 5.00. The van der Waals surface area contributed by atoms with Crippen molar-refractivity contribution >= 4 is 5.91 Å². The first kappa shape index (κ1) is 14.1. The van der Waals surface area contributed by atoms with Crippen molar-refractivity contribution in [3.8, 4) is 0 Å². The minimum absolute atomic E-state index is 0.388. The van der Waals surface area contributed by atoms with Crippen LogP contribution in [-0.4, -0.2) is 38.9 Å². The lowest BCUT2D eigenvalue weighted by Crippen LogP contribution is -2.13. The van der Waals surface area contributed by atoms with Crippen molar-refractivity contribution in [1.29, 1.82) is 0 Å². The topological polar surface area (TPSA) is 87.6 Å². The second-order valence-electron chi connectivity index (χ2n) is 3.05. The number of nitrogens with two attached hydrogens (primary N) is 2. The van der Waals surface area contributed by atoms with Crippen molar-refractivity contribution in [2.75, 3.05) is 33.0 Å². The molecule has 0 rings (SSSR count). The standard InChI is InChI=1S/C10H20N2O3/c1-9(10(12)13)3-2-5-14-7-8-15-6-4-11/h3H,2,4-8,11H2,1H3,(H2,12,13)/b9-3+. The predicted octanol–water partition coefficient (Wildman–Crippen LogP) is -0.200. The van der Waals surface area contributed by atoms with Crippen LogP contribution in [-0.2, 0) is 14.3 Å². The lowest BCUT2D eigenvalue weighted by Gasteiger charge is -2.03. The molecule has 0 atom stereocenters. The van der Waals surface area contributed by atoms with Crippen LogP contribution in [0.15, 0.2) is 11.6 Å². The maximum atomic E-state index is 10.6. The molecule has 0 fully saturated rings. The Hall–Kier alpha value is -0.910. The van der Waals surface area contributed by atoms with E-state index < -0.39 is 0 Å². The second kappa shape index (κ2) is 9.64. The van der Waals surface area contributed by atoms with Gasteiger partial charge in [-0.15, -0.1) is 0 Å². The summed E-state index contributed by atoms with van der Waals surface area (Å²) in [6, 6.07) is 0. The molecule has 0 aromatic rings. The van der Waals surface area contributed by atoms with Gasteiger partial charge in [-0.3, -0.25) is 4.79 Å². The van der Waals surface area contributed by atoms with E-state index in [1.54, 1.807) is 13.0 Å². The number of hydrogen-bond donors (Lipinski definition) is 2. The molecule has 0 radical (unpaired) electrons. The van der Waals surface area contributed by atoms with E-state index in [1.807, 2.05) is 0 Å². The Balaban J connectivity index is 3.25. The summed E-state index contributed by atoms with van der Waals surface area (Å²) in [6.07, 6.45) is 2.45. The highest BCUT2D eigenvalue weighted by Crippen LogP contribution is 1.94. The maximum Gasteiger partial charge on any atom is 0.244 e. The fraction of sp³-hybridized carbons (Fsp3) is 0.700. The van der Waals surface area contributed by atoms with Gasteiger partial charge in [-0.25, -0.2) is 0 Å².